The van der Waals surface area contributed by atoms with Gasteiger partial charge in [0.25, 0.3) is 0 Å². The Kier molecular flexibility index (Phi) is 15.7. The zero-order chi connectivity index (χ0) is 28.1. The Hall–Kier alpha value is -3.63. The average Bonchev–Trinajstić information content (AvgIpc) is 2.95. The van der Waals surface area contributed by atoms with E-state index in [9.17, 15) is 14.4 Å². The lowest BCUT2D eigenvalue weighted by atomic mass is 10.1. The van der Waals surface area contributed by atoms with Gasteiger partial charge in [-0.15, -0.1) is 0 Å². The van der Waals surface area contributed by atoms with Gasteiger partial charge in [-0.1, -0.05) is 60.7 Å². The van der Waals surface area contributed by atoms with E-state index in [1.54, 1.807) is 0 Å². The van der Waals surface area contributed by atoms with Crippen molar-refractivity contribution in [3.8, 4) is 0 Å². The molecule has 0 aromatic heterocycles. The molecule has 1 atom stereocenters. The molecule has 0 saturated carbocycles. The van der Waals surface area contributed by atoms with Gasteiger partial charge in [0.05, 0.1) is 0 Å². The topological polar surface area (TPSA) is 124 Å². The smallest absolute Gasteiger partial charge is 0.408 e. The molecule has 0 bridgehead atoms. The predicted molar refractivity (Wildman–Crippen MR) is 147 cm³/mol. The molecule has 0 aliphatic carbocycles. The number of hydrogen-bond acceptors (Lipinski definition) is 7. The zero-order valence-electron chi connectivity index (χ0n) is 22.9. The number of carbonyl (C=O) groups excluding carboxylic acids is 3. The number of unbranched alkanes of at least 4 members (excludes halogenated alkanes) is 1. The average molecular weight is 544 g/mol. The first-order chi connectivity index (χ1) is 19.0. The lowest BCUT2D eigenvalue weighted by molar-refractivity contribution is -0.140. The van der Waals surface area contributed by atoms with Gasteiger partial charge in [-0.3, -0.25) is 4.79 Å². The van der Waals surface area contributed by atoms with E-state index < -0.39 is 24.5 Å². The molecule has 0 aliphatic heterocycles. The first kappa shape index (κ1) is 31.6. The van der Waals surface area contributed by atoms with Crippen LogP contribution in [0.4, 0.5) is 9.59 Å². The molecular formula is C29H41N3O7. The van der Waals surface area contributed by atoms with E-state index >= 15 is 0 Å². The van der Waals surface area contributed by atoms with E-state index in [2.05, 4.69) is 16.0 Å². The molecule has 0 saturated heterocycles. The minimum absolute atomic E-state index is 0.0976. The van der Waals surface area contributed by atoms with Gasteiger partial charge in [0.2, 0.25) is 5.91 Å². The van der Waals surface area contributed by atoms with Gasteiger partial charge in [0, 0.05) is 32.7 Å². The molecular weight excluding hydrogens is 502 g/mol. The molecule has 39 heavy (non-hydrogen) atoms. The first-order valence-corrected chi connectivity index (χ1v) is 13.4. The van der Waals surface area contributed by atoms with Crippen LogP contribution in [0.1, 0.15) is 50.7 Å². The summed E-state index contributed by atoms with van der Waals surface area (Å²) in [5.74, 6) is -0.325. The van der Waals surface area contributed by atoms with Crippen LogP contribution in [0.25, 0.3) is 0 Å². The summed E-state index contributed by atoms with van der Waals surface area (Å²) < 4.78 is 21.5. The molecule has 3 N–H and O–H groups in total. The molecule has 214 valence electrons. The minimum atomic E-state index is -0.795. The molecule has 0 heterocycles. The van der Waals surface area contributed by atoms with Gasteiger partial charge >= 0.3 is 12.2 Å². The second kappa shape index (κ2) is 19.4. The molecule has 3 amide bonds. The summed E-state index contributed by atoms with van der Waals surface area (Å²) in [6.07, 6.45) is 0.437. The van der Waals surface area contributed by atoms with Crippen LogP contribution in [0, 0.1) is 0 Å². The van der Waals surface area contributed by atoms with E-state index in [4.69, 9.17) is 18.9 Å². The van der Waals surface area contributed by atoms with Crippen LogP contribution in [-0.4, -0.2) is 56.7 Å². The Bertz CT molecular complexity index is 954. The van der Waals surface area contributed by atoms with Gasteiger partial charge in [-0.25, -0.2) is 9.59 Å². The number of carbonyl (C=O) groups is 3. The largest absolute Gasteiger partial charge is 0.445 e. The third-order valence-electron chi connectivity index (χ3n) is 5.61. The summed E-state index contributed by atoms with van der Waals surface area (Å²) >= 11 is 0. The molecule has 0 radical (unpaired) electrons. The molecule has 2 aromatic carbocycles. The second-order valence-electron chi connectivity index (χ2n) is 8.66. The standard InChI is InChI=1S/C29H41N3O7/c1-3-36-26(37-4-2)18-20-30-27(33)25(32-29(35)39-22-24-15-9-6-10-16-24)17-11-12-19-31-28(34)38-21-23-13-7-5-8-14-23/h5-10,13-16,25-26H,3-4,11-12,17-22H2,1-2H3,(H,30,33)(H,31,34)(H,32,35). The summed E-state index contributed by atoms with van der Waals surface area (Å²) in [5.41, 5.74) is 1.75. The highest BCUT2D eigenvalue weighted by Gasteiger charge is 2.21. The lowest BCUT2D eigenvalue weighted by Gasteiger charge is -2.20. The normalized spacial score (nSPS) is 11.5. The third-order valence-corrected chi connectivity index (χ3v) is 5.61. The maximum absolute atomic E-state index is 12.9. The number of ether oxygens (including phenoxy) is 4. The molecule has 1 unspecified atom stereocenters. The van der Waals surface area contributed by atoms with E-state index in [-0.39, 0.29) is 19.1 Å². The van der Waals surface area contributed by atoms with Crippen LogP contribution in [-0.2, 0) is 37.0 Å². The van der Waals surface area contributed by atoms with Crippen molar-refractivity contribution in [2.24, 2.45) is 0 Å². The van der Waals surface area contributed by atoms with Crippen molar-refractivity contribution in [1.29, 1.82) is 0 Å². The molecule has 10 nitrogen and oxygen atoms in total. The fraction of sp³-hybridized carbons (Fsp3) is 0.483. The van der Waals surface area contributed by atoms with E-state index in [1.165, 1.54) is 0 Å². The maximum Gasteiger partial charge on any atom is 0.408 e. The van der Waals surface area contributed by atoms with Crippen LogP contribution < -0.4 is 16.0 Å². The van der Waals surface area contributed by atoms with Crippen molar-refractivity contribution in [1.82, 2.24) is 16.0 Å². The van der Waals surface area contributed by atoms with E-state index in [1.807, 2.05) is 74.5 Å². The highest BCUT2D eigenvalue weighted by atomic mass is 16.7. The van der Waals surface area contributed by atoms with E-state index in [0.29, 0.717) is 52.0 Å². The maximum atomic E-state index is 12.9. The molecule has 10 heteroatoms. The van der Waals surface area contributed by atoms with E-state index in [0.717, 1.165) is 11.1 Å². The van der Waals surface area contributed by atoms with Crippen LogP contribution in [0.2, 0.25) is 0 Å². The van der Waals surface area contributed by atoms with Crippen molar-refractivity contribution in [3.05, 3.63) is 71.8 Å². The Morgan fingerprint density at radius 1 is 0.692 bits per heavy atom. The van der Waals surface area contributed by atoms with Crippen LogP contribution in [0.15, 0.2) is 60.7 Å². The third kappa shape index (κ3) is 14.2. The molecule has 0 fully saturated rings. The highest BCUT2D eigenvalue weighted by Crippen LogP contribution is 2.06. The second-order valence-corrected chi connectivity index (χ2v) is 8.66. The van der Waals surface area contributed by atoms with Crippen LogP contribution >= 0.6 is 0 Å². The summed E-state index contributed by atoms with van der Waals surface area (Å²) in [7, 11) is 0. The summed E-state index contributed by atoms with van der Waals surface area (Å²) in [5, 5.41) is 8.21. The minimum Gasteiger partial charge on any atom is -0.445 e. The number of amides is 3. The van der Waals surface area contributed by atoms with Gasteiger partial charge in [0.15, 0.2) is 6.29 Å². The van der Waals surface area contributed by atoms with Crippen molar-refractivity contribution in [3.63, 3.8) is 0 Å². The summed E-state index contributed by atoms with van der Waals surface area (Å²) in [6, 6.07) is 17.9. The number of rotatable bonds is 18. The summed E-state index contributed by atoms with van der Waals surface area (Å²) in [4.78, 5) is 37.2. The molecule has 0 spiro atoms. The van der Waals surface area contributed by atoms with Gasteiger partial charge in [0.1, 0.15) is 19.3 Å². The van der Waals surface area contributed by atoms with Crippen molar-refractivity contribution in [2.75, 3.05) is 26.3 Å². The monoisotopic (exact) mass is 543 g/mol. The van der Waals surface area contributed by atoms with Gasteiger partial charge in [-0.2, -0.15) is 0 Å². The fourth-order valence-electron chi connectivity index (χ4n) is 3.64. The predicted octanol–water partition coefficient (Wildman–Crippen LogP) is 4.28. The molecule has 0 aliphatic rings. The Labute approximate surface area is 230 Å². The van der Waals surface area contributed by atoms with Crippen molar-refractivity contribution in [2.45, 2.75) is 65.1 Å². The quantitative estimate of drug-likeness (QED) is 0.189. The highest BCUT2D eigenvalue weighted by molar-refractivity contribution is 5.85. The van der Waals surface area contributed by atoms with Crippen molar-refractivity contribution < 1.29 is 33.3 Å². The Morgan fingerprint density at radius 3 is 1.82 bits per heavy atom. The lowest BCUT2D eigenvalue weighted by Crippen LogP contribution is -2.47. The van der Waals surface area contributed by atoms with Crippen molar-refractivity contribution >= 4 is 18.1 Å². The number of nitrogens with one attached hydrogen (secondary N) is 3. The Morgan fingerprint density at radius 2 is 1.26 bits per heavy atom. The van der Waals surface area contributed by atoms with Gasteiger partial charge in [-0.05, 0) is 44.2 Å². The zero-order valence-corrected chi connectivity index (χ0v) is 22.9. The van der Waals surface area contributed by atoms with Crippen LogP contribution in [0.5, 0.6) is 0 Å². The first-order valence-electron chi connectivity index (χ1n) is 13.4. The summed E-state index contributed by atoms with van der Waals surface area (Å²) in [6.45, 7) is 5.76. The number of hydrogen-bond donors (Lipinski definition) is 3. The van der Waals surface area contributed by atoms with Crippen LogP contribution in [0.3, 0.4) is 0 Å². The Balaban J connectivity index is 1.78. The molecule has 2 rings (SSSR count). The fourth-order valence-corrected chi connectivity index (χ4v) is 3.64. The molecule has 2 aromatic rings. The van der Waals surface area contributed by atoms with Gasteiger partial charge < -0.3 is 34.9 Å². The number of alkyl carbamates (subject to hydrolysis) is 2. The SMILES string of the molecule is CCOC(CCNC(=O)C(CCCCNC(=O)OCc1ccccc1)NC(=O)OCc1ccccc1)OCC. The number of benzene rings is 2.